The molecule has 0 bridgehead atoms. The van der Waals surface area contributed by atoms with Gasteiger partial charge in [0.25, 0.3) is 0 Å². The summed E-state index contributed by atoms with van der Waals surface area (Å²) < 4.78 is 32.8. The van der Waals surface area contributed by atoms with Crippen LogP contribution in [0.2, 0.25) is 0 Å². The molecule has 1 aliphatic rings. The topological polar surface area (TPSA) is 86.9 Å². The van der Waals surface area contributed by atoms with Gasteiger partial charge in [-0.15, -0.1) is 0 Å². The van der Waals surface area contributed by atoms with Crippen LogP contribution in [0, 0.1) is 0 Å². The van der Waals surface area contributed by atoms with Crippen molar-refractivity contribution in [3.63, 3.8) is 0 Å². The fourth-order valence-electron chi connectivity index (χ4n) is 3.48. The molecule has 2 aromatic rings. The number of likely N-dealkylation sites (tertiary alicyclic amines) is 1. The van der Waals surface area contributed by atoms with Crippen molar-refractivity contribution in [2.24, 2.45) is 4.99 Å². The Morgan fingerprint density at radius 1 is 1.28 bits per heavy atom. The van der Waals surface area contributed by atoms with Crippen molar-refractivity contribution in [2.45, 2.75) is 38.0 Å². The molecule has 3 rings (SSSR count). The van der Waals surface area contributed by atoms with Gasteiger partial charge in [0.1, 0.15) is 5.76 Å². The van der Waals surface area contributed by atoms with Crippen LogP contribution in [0.5, 0.6) is 0 Å². The second-order valence-electron chi connectivity index (χ2n) is 7.21. The molecule has 158 valence electrons. The van der Waals surface area contributed by atoms with E-state index in [4.69, 9.17) is 9.41 Å². The number of benzene rings is 1. The molecule has 29 heavy (non-hydrogen) atoms. The van der Waals surface area contributed by atoms with E-state index in [1.807, 2.05) is 35.2 Å². The maximum atomic E-state index is 12.4. The van der Waals surface area contributed by atoms with Gasteiger partial charge in [0, 0.05) is 32.6 Å². The van der Waals surface area contributed by atoms with Crippen molar-refractivity contribution >= 4 is 16.0 Å². The van der Waals surface area contributed by atoms with Crippen LogP contribution in [0.15, 0.2) is 58.1 Å². The second-order valence-corrected chi connectivity index (χ2v) is 9.26. The Hall–Kier alpha value is -2.32. The van der Waals surface area contributed by atoms with Crippen LogP contribution in [0.25, 0.3) is 0 Å². The van der Waals surface area contributed by atoms with Crippen LogP contribution in [-0.2, 0) is 16.4 Å². The predicted octanol–water partition coefficient (Wildman–Crippen LogP) is 2.54. The minimum absolute atomic E-state index is 0.0583. The molecule has 2 unspecified atom stereocenters. The average Bonchev–Trinajstić information content (AvgIpc) is 3.40. The lowest BCUT2D eigenvalue weighted by atomic mass is 10.1. The summed E-state index contributed by atoms with van der Waals surface area (Å²) in [6.07, 6.45) is 2.95. The normalized spacial score (nSPS) is 18.8. The first-order valence-corrected chi connectivity index (χ1v) is 11.7. The summed E-state index contributed by atoms with van der Waals surface area (Å²) in [7, 11) is -3.30. The Kier molecular flexibility index (Phi) is 7.33. The van der Waals surface area contributed by atoms with Gasteiger partial charge in [-0.3, -0.25) is 4.99 Å². The van der Waals surface area contributed by atoms with E-state index in [-0.39, 0.29) is 6.04 Å². The minimum Gasteiger partial charge on any atom is -0.469 e. The molecule has 0 radical (unpaired) electrons. The molecule has 8 heteroatoms. The predicted molar refractivity (Wildman–Crippen MR) is 115 cm³/mol. The molecule has 1 aliphatic heterocycles. The number of guanidine groups is 1. The van der Waals surface area contributed by atoms with Gasteiger partial charge in [-0.1, -0.05) is 37.3 Å². The maximum absolute atomic E-state index is 12.4. The van der Waals surface area contributed by atoms with E-state index in [1.54, 1.807) is 13.2 Å². The molecule has 0 spiro atoms. The molecule has 0 saturated carbocycles. The number of nitrogens with one attached hydrogen (secondary N) is 2. The summed E-state index contributed by atoms with van der Waals surface area (Å²) in [4.78, 5) is 6.81. The zero-order valence-corrected chi connectivity index (χ0v) is 17.9. The second kappa shape index (κ2) is 9.93. The zero-order valence-electron chi connectivity index (χ0n) is 17.0. The Labute approximate surface area is 173 Å². The Morgan fingerprint density at radius 3 is 2.76 bits per heavy atom. The van der Waals surface area contributed by atoms with Gasteiger partial charge in [-0.05, 0) is 31.0 Å². The third-order valence-corrected chi connectivity index (χ3v) is 7.03. The van der Waals surface area contributed by atoms with Crippen molar-refractivity contribution in [1.29, 1.82) is 0 Å². The lowest BCUT2D eigenvalue weighted by molar-refractivity contribution is 0.474. The minimum atomic E-state index is -3.30. The first-order valence-electron chi connectivity index (χ1n) is 10.1. The molecule has 0 aliphatic carbocycles. The maximum Gasteiger partial charge on any atom is 0.216 e. The van der Waals surface area contributed by atoms with Gasteiger partial charge in [0.2, 0.25) is 10.0 Å². The van der Waals surface area contributed by atoms with E-state index >= 15 is 0 Å². The van der Waals surface area contributed by atoms with Gasteiger partial charge in [0.05, 0.1) is 17.6 Å². The molecule has 7 nitrogen and oxygen atoms in total. The summed E-state index contributed by atoms with van der Waals surface area (Å²) in [5.41, 5.74) is 1.15. The smallest absolute Gasteiger partial charge is 0.216 e. The standard InChI is InChI=1S/C21H30N4O3S/c1-3-23-29(26,27)20-12-14-25(16-20)21(22-13-11-19-10-7-15-28-19)24-17(2)18-8-5-4-6-9-18/h4-10,15,17,20,23H,3,11-14,16H2,1-2H3,(H,22,24). The monoisotopic (exact) mass is 418 g/mol. The fraction of sp³-hybridized carbons (Fsp3) is 0.476. The van der Waals surface area contributed by atoms with Crippen LogP contribution in [0.4, 0.5) is 0 Å². The van der Waals surface area contributed by atoms with Crippen LogP contribution in [0.1, 0.15) is 37.6 Å². The molecule has 2 N–H and O–H groups in total. The summed E-state index contributed by atoms with van der Waals surface area (Å²) >= 11 is 0. The summed E-state index contributed by atoms with van der Waals surface area (Å²) in [6.45, 7) is 5.95. The quantitative estimate of drug-likeness (QED) is 0.508. The Morgan fingerprint density at radius 2 is 2.07 bits per heavy atom. The van der Waals surface area contributed by atoms with Crippen molar-refractivity contribution < 1.29 is 12.8 Å². The zero-order chi connectivity index (χ0) is 20.7. The molecule has 1 aromatic carbocycles. The molecule has 2 atom stereocenters. The summed E-state index contributed by atoms with van der Waals surface area (Å²) in [5, 5.41) is 3.06. The van der Waals surface area contributed by atoms with Gasteiger partial charge in [-0.25, -0.2) is 13.1 Å². The molecule has 1 aromatic heterocycles. The number of nitrogens with zero attached hydrogens (tertiary/aromatic N) is 2. The van der Waals surface area contributed by atoms with Crippen LogP contribution in [0.3, 0.4) is 0 Å². The molecular weight excluding hydrogens is 388 g/mol. The number of hydrogen-bond donors (Lipinski definition) is 2. The number of rotatable bonds is 8. The molecule has 0 amide bonds. The van der Waals surface area contributed by atoms with Crippen molar-refractivity contribution in [3.8, 4) is 0 Å². The molecule has 2 heterocycles. The van der Waals surface area contributed by atoms with E-state index in [2.05, 4.69) is 29.1 Å². The fourth-order valence-corrected chi connectivity index (χ4v) is 4.91. The highest BCUT2D eigenvalue weighted by Crippen LogP contribution is 2.18. The summed E-state index contributed by atoms with van der Waals surface area (Å²) in [6, 6.07) is 14.0. The van der Waals surface area contributed by atoms with E-state index < -0.39 is 15.3 Å². The van der Waals surface area contributed by atoms with E-state index in [0.717, 1.165) is 17.3 Å². The average molecular weight is 419 g/mol. The highest BCUT2D eigenvalue weighted by atomic mass is 32.2. The number of furan rings is 1. The third-order valence-electron chi connectivity index (χ3n) is 5.07. The number of aliphatic imine (C=N–C) groups is 1. The lowest BCUT2D eigenvalue weighted by Crippen LogP contribution is -2.43. The van der Waals surface area contributed by atoms with Crippen LogP contribution in [-0.4, -0.2) is 50.7 Å². The molecular formula is C21H30N4O3S. The van der Waals surface area contributed by atoms with Crippen LogP contribution >= 0.6 is 0 Å². The highest BCUT2D eigenvalue weighted by molar-refractivity contribution is 7.90. The van der Waals surface area contributed by atoms with E-state index in [1.165, 1.54) is 0 Å². The Bertz CT molecular complexity index is 882. The van der Waals surface area contributed by atoms with Crippen molar-refractivity contribution in [3.05, 3.63) is 60.1 Å². The lowest BCUT2D eigenvalue weighted by Gasteiger charge is -2.25. The van der Waals surface area contributed by atoms with Crippen molar-refractivity contribution in [2.75, 3.05) is 26.2 Å². The number of sulfonamides is 1. The van der Waals surface area contributed by atoms with Gasteiger partial charge in [-0.2, -0.15) is 0 Å². The number of hydrogen-bond acceptors (Lipinski definition) is 4. The first kappa shape index (κ1) is 21.4. The summed E-state index contributed by atoms with van der Waals surface area (Å²) in [5.74, 6) is 1.63. The van der Waals surface area contributed by atoms with Gasteiger partial charge < -0.3 is 14.6 Å². The van der Waals surface area contributed by atoms with Gasteiger partial charge in [0.15, 0.2) is 5.96 Å². The van der Waals surface area contributed by atoms with E-state index in [0.29, 0.717) is 39.0 Å². The van der Waals surface area contributed by atoms with E-state index in [9.17, 15) is 8.42 Å². The third kappa shape index (κ3) is 5.83. The van der Waals surface area contributed by atoms with Gasteiger partial charge >= 0.3 is 0 Å². The highest BCUT2D eigenvalue weighted by Gasteiger charge is 2.34. The molecule has 1 fully saturated rings. The van der Waals surface area contributed by atoms with Crippen LogP contribution < -0.4 is 10.0 Å². The SMILES string of the molecule is CCNS(=O)(=O)C1CCN(C(=NCCc2ccco2)NC(C)c2ccccc2)C1. The van der Waals surface area contributed by atoms with Crippen molar-refractivity contribution in [1.82, 2.24) is 14.9 Å². The Balaban J connectivity index is 1.71. The molecule has 1 saturated heterocycles. The first-order chi connectivity index (χ1) is 14.0. The largest absolute Gasteiger partial charge is 0.469 e.